The molecule has 0 saturated carbocycles. The molecule has 0 bridgehead atoms. The molecular weight excluding hydrogens is 298 g/mol. The van der Waals surface area contributed by atoms with Crippen molar-refractivity contribution in [2.45, 2.75) is 43.3 Å². The molecule has 0 unspecified atom stereocenters. The van der Waals surface area contributed by atoms with Crippen LogP contribution in [0.3, 0.4) is 0 Å². The lowest BCUT2D eigenvalue weighted by molar-refractivity contribution is 0.0966. The van der Waals surface area contributed by atoms with Gasteiger partial charge in [0.05, 0.1) is 5.25 Å². The van der Waals surface area contributed by atoms with Gasteiger partial charge < -0.3 is 4.74 Å². The van der Waals surface area contributed by atoms with E-state index in [1.165, 1.54) is 5.56 Å². The average molecular weight is 323 g/mol. The maximum Gasteiger partial charge on any atom is 0.217 e. The Labute approximate surface area is 133 Å². The molecule has 0 atom stereocenters. The highest BCUT2D eigenvalue weighted by molar-refractivity contribution is 7.89. The van der Waals surface area contributed by atoms with Gasteiger partial charge >= 0.3 is 0 Å². The molecule has 0 radical (unpaired) electrons. The summed E-state index contributed by atoms with van der Waals surface area (Å²) in [6.45, 7) is 4.65. The second kappa shape index (κ2) is 6.30. The molecule has 4 nitrogen and oxygen atoms in total. The Bertz CT molecular complexity index is 586. The van der Waals surface area contributed by atoms with Crippen LogP contribution in [0.1, 0.15) is 38.2 Å². The summed E-state index contributed by atoms with van der Waals surface area (Å²) in [5, 5.41) is -0.248. The molecule has 2 aliphatic rings. The lowest BCUT2D eigenvalue weighted by Gasteiger charge is -2.40. The second-order valence-corrected chi connectivity index (χ2v) is 8.90. The van der Waals surface area contributed by atoms with Gasteiger partial charge in [-0.2, -0.15) is 0 Å². The monoisotopic (exact) mass is 323 g/mol. The molecule has 0 N–H and O–H groups in total. The minimum Gasteiger partial charge on any atom is -0.381 e. The summed E-state index contributed by atoms with van der Waals surface area (Å²) in [6, 6.07) is 10.5. The summed E-state index contributed by atoms with van der Waals surface area (Å²) in [5.41, 5.74) is 1.40. The van der Waals surface area contributed by atoms with Crippen LogP contribution in [-0.4, -0.2) is 44.3 Å². The summed E-state index contributed by atoms with van der Waals surface area (Å²) >= 11 is 0. The highest BCUT2D eigenvalue weighted by atomic mass is 32.2. The number of benzene rings is 1. The molecule has 2 fully saturated rings. The molecule has 2 saturated heterocycles. The third-order valence-electron chi connectivity index (χ3n) is 5.25. The molecule has 1 aromatic rings. The van der Waals surface area contributed by atoms with Crippen molar-refractivity contribution >= 4 is 10.0 Å². The van der Waals surface area contributed by atoms with E-state index in [4.69, 9.17) is 4.74 Å². The SMILES string of the molecule is CC1(c2ccccc2)CCN(S(=O)(=O)C2CCOCC2)CC1. The van der Waals surface area contributed by atoms with E-state index >= 15 is 0 Å². The fourth-order valence-corrected chi connectivity index (χ4v) is 5.45. The predicted molar refractivity (Wildman–Crippen MR) is 87.4 cm³/mol. The normalized spacial score (nSPS) is 24.2. The van der Waals surface area contributed by atoms with Crippen LogP contribution in [0.15, 0.2) is 30.3 Å². The largest absolute Gasteiger partial charge is 0.381 e. The van der Waals surface area contributed by atoms with E-state index in [0.29, 0.717) is 39.1 Å². The van der Waals surface area contributed by atoms with Crippen molar-refractivity contribution in [1.82, 2.24) is 4.31 Å². The Hall–Kier alpha value is -0.910. The number of ether oxygens (including phenoxy) is 1. The van der Waals surface area contributed by atoms with Crippen molar-refractivity contribution in [2.75, 3.05) is 26.3 Å². The van der Waals surface area contributed by atoms with Crippen LogP contribution in [0.5, 0.6) is 0 Å². The molecule has 2 aliphatic heterocycles. The lowest BCUT2D eigenvalue weighted by Crippen LogP contribution is -2.48. The number of nitrogens with zero attached hydrogens (tertiary/aromatic N) is 1. The third kappa shape index (κ3) is 3.07. The summed E-state index contributed by atoms with van der Waals surface area (Å²) in [4.78, 5) is 0. The van der Waals surface area contributed by atoms with Crippen LogP contribution >= 0.6 is 0 Å². The van der Waals surface area contributed by atoms with Crippen LogP contribution in [0.4, 0.5) is 0 Å². The third-order valence-corrected chi connectivity index (χ3v) is 7.64. The molecule has 22 heavy (non-hydrogen) atoms. The summed E-state index contributed by atoms with van der Waals surface area (Å²) < 4.78 is 32.5. The van der Waals surface area contributed by atoms with Crippen LogP contribution < -0.4 is 0 Å². The Morgan fingerprint density at radius 1 is 1.09 bits per heavy atom. The van der Waals surface area contributed by atoms with E-state index in [-0.39, 0.29) is 10.7 Å². The molecule has 0 spiro atoms. The number of hydrogen-bond donors (Lipinski definition) is 0. The quantitative estimate of drug-likeness (QED) is 0.859. The number of hydrogen-bond acceptors (Lipinski definition) is 3. The van der Waals surface area contributed by atoms with Gasteiger partial charge in [-0.05, 0) is 36.7 Å². The Kier molecular flexibility index (Phi) is 4.57. The summed E-state index contributed by atoms with van der Waals surface area (Å²) in [6.07, 6.45) is 3.04. The second-order valence-electron chi connectivity index (χ2n) is 6.68. The molecule has 122 valence electrons. The predicted octanol–water partition coefficient (Wildman–Crippen LogP) is 2.55. The molecule has 2 heterocycles. The molecule has 1 aromatic carbocycles. The number of sulfonamides is 1. The van der Waals surface area contributed by atoms with Crippen LogP contribution in [0, 0.1) is 0 Å². The maximum absolute atomic E-state index is 12.8. The van der Waals surface area contributed by atoms with E-state index in [2.05, 4.69) is 31.2 Å². The van der Waals surface area contributed by atoms with Gasteiger partial charge in [-0.3, -0.25) is 0 Å². The van der Waals surface area contributed by atoms with Gasteiger partial charge in [0, 0.05) is 26.3 Å². The fourth-order valence-electron chi connectivity index (χ4n) is 3.55. The first-order chi connectivity index (χ1) is 10.5. The van der Waals surface area contributed by atoms with Gasteiger partial charge in [0.1, 0.15) is 0 Å². The van der Waals surface area contributed by atoms with Gasteiger partial charge in [-0.1, -0.05) is 37.3 Å². The lowest BCUT2D eigenvalue weighted by atomic mass is 9.75. The molecule has 3 rings (SSSR count). The van der Waals surface area contributed by atoms with E-state index in [1.807, 2.05) is 6.07 Å². The van der Waals surface area contributed by atoms with Gasteiger partial charge in [0.15, 0.2) is 0 Å². The molecule has 0 aromatic heterocycles. The topological polar surface area (TPSA) is 46.6 Å². The fraction of sp³-hybridized carbons (Fsp3) is 0.647. The van der Waals surface area contributed by atoms with Gasteiger partial charge in [-0.25, -0.2) is 12.7 Å². The smallest absolute Gasteiger partial charge is 0.217 e. The summed E-state index contributed by atoms with van der Waals surface area (Å²) in [7, 11) is -3.16. The first-order valence-electron chi connectivity index (χ1n) is 8.15. The van der Waals surface area contributed by atoms with Crippen LogP contribution in [0.2, 0.25) is 0 Å². The number of piperidine rings is 1. The first-order valence-corrected chi connectivity index (χ1v) is 9.65. The molecule has 0 aliphatic carbocycles. The van der Waals surface area contributed by atoms with Crippen molar-refractivity contribution in [1.29, 1.82) is 0 Å². The summed E-state index contributed by atoms with van der Waals surface area (Å²) in [5.74, 6) is 0. The van der Waals surface area contributed by atoms with Crippen molar-refractivity contribution in [3.63, 3.8) is 0 Å². The highest BCUT2D eigenvalue weighted by Crippen LogP contribution is 2.36. The Morgan fingerprint density at radius 2 is 1.68 bits per heavy atom. The highest BCUT2D eigenvalue weighted by Gasteiger charge is 2.39. The van der Waals surface area contributed by atoms with Gasteiger partial charge in [0.2, 0.25) is 10.0 Å². The Morgan fingerprint density at radius 3 is 2.27 bits per heavy atom. The van der Waals surface area contributed by atoms with E-state index in [0.717, 1.165) is 12.8 Å². The van der Waals surface area contributed by atoms with Crippen LogP contribution in [0.25, 0.3) is 0 Å². The van der Waals surface area contributed by atoms with Gasteiger partial charge in [-0.15, -0.1) is 0 Å². The van der Waals surface area contributed by atoms with Crippen molar-refractivity contribution < 1.29 is 13.2 Å². The molecule has 5 heteroatoms. The molecule has 0 amide bonds. The zero-order valence-electron chi connectivity index (χ0n) is 13.2. The number of rotatable bonds is 3. The van der Waals surface area contributed by atoms with E-state index < -0.39 is 10.0 Å². The zero-order valence-corrected chi connectivity index (χ0v) is 14.0. The van der Waals surface area contributed by atoms with E-state index in [1.54, 1.807) is 4.31 Å². The standard InChI is InChI=1S/C17H25NO3S/c1-17(15-5-3-2-4-6-15)9-11-18(12-10-17)22(19,20)16-7-13-21-14-8-16/h2-6,16H,7-14H2,1H3. The minimum absolute atomic E-state index is 0.0863. The first kappa shape index (κ1) is 16.0. The van der Waals surface area contributed by atoms with Gasteiger partial charge in [0.25, 0.3) is 0 Å². The van der Waals surface area contributed by atoms with Crippen molar-refractivity contribution in [3.8, 4) is 0 Å². The minimum atomic E-state index is -3.16. The maximum atomic E-state index is 12.8. The zero-order chi connectivity index (χ0) is 15.6. The van der Waals surface area contributed by atoms with Crippen molar-refractivity contribution in [3.05, 3.63) is 35.9 Å². The molecular formula is C17H25NO3S. The average Bonchev–Trinajstić information content (AvgIpc) is 2.57. The Balaban J connectivity index is 1.68. The van der Waals surface area contributed by atoms with E-state index in [9.17, 15) is 8.42 Å². The van der Waals surface area contributed by atoms with Crippen molar-refractivity contribution in [2.24, 2.45) is 0 Å². The van der Waals surface area contributed by atoms with Crippen LogP contribution in [-0.2, 0) is 20.2 Å².